The van der Waals surface area contributed by atoms with Crippen LogP contribution in [0.5, 0.6) is 0 Å². The Morgan fingerprint density at radius 1 is 1.08 bits per heavy atom. The van der Waals surface area contributed by atoms with Crippen LogP contribution in [0.1, 0.15) is 49.9 Å². The van der Waals surface area contributed by atoms with Gasteiger partial charge in [0.15, 0.2) is 0 Å². The molecule has 0 fully saturated rings. The Kier molecular flexibility index (Phi) is 3.95. The second-order valence-corrected chi connectivity index (χ2v) is 6.52. The fourth-order valence-electron chi connectivity index (χ4n) is 3.57. The third-order valence-corrected chi connectivity index (χ3v) is 4.72. The van der Waals surface area contributed by atoms with E-state index in [0.29, 0.717) is 22.6 Å². The predicted octanol–water partition coefficient (Wildman–Crippen LogP) is 3.01. The lowest BCUT2D eigenvalue weighted by Gasteiger charge is -2.13. The van der Waals surface area contributed by atoms with Crippen LogP contribution in [0.3, 0.4) is 0 Å². The molecule has 1 aromatic carbocycles. The number of amides is 2. The van der Waals surface area contributed by atoms with Gasteiger partial charge in [-0.3, -0.25) is 25.4 Å². The van der Waals surface area contributed by atoms with Crippen molar-refractivity contribution in [2.24, 2.45) is 0 Å². The molecule has 132 valence electrons. The van der Waals surface area contributed by atoms with Crippen molar-refractivity contribution in [3.63, 3.8) is 0 Å². The lowest BCUT2D eigenvalue weighted by atomic mass is 10.0. The summed E-state index contributed by atoms with van der Waals surface area (Å²) in [4.78, 5) is 29.9. The van der Waals surface area contributed by atoms with E-state index in [1.54, 1.807) is 19.9 Å². The van der Waals surface area contributed by atoms with Crippen LogP contribution in [-0.2, 0) is 12.8 Å². The first-order valence-electron chi connectivity index (χ1n) is 8.63. The zero-order chi connectivity index (χ0) is 18.3. The number of nitrogens with one attached hydrogen (secondary N) is 2. The molecule has 0 spiro atoms. The molecule has 0 saturated carbocycles. The van der Waals surface area contributed by atoms with E-state index in [1.165, 1.54) is 0 Å². The molecule has 0 aliphatic heterocycles. The average molecular weight is 349 g/mol. The van der Waals surface area contributed by atoms with E-state index in [1.807, 2.05) is 24.3 Å². The van der Waals surface area contributed by atoms with Gasteiger partial charge in [0.05, 0.1) is 16.6 Å². The Balaban J connectivity index is 1.63. The van der Waals surface area contributed by atoms with Gasteiger partial charge in [-0.25, -0.2) is 0 Å². The highest BCUT2D eigenvalue weighted by atomic mass is 16.3. The summed E-state index contributed by atoms with van der Waals surface area (Å²) < 4.78 is 5.36. The van der Waals surface area contributed by atoms with E-state index in [4.69, 9.17) is 4.42 Å². The first-order chi connectivity index (χ1) is 12.5. The molecule has 2 aromatic heterocycles. The molecule has 2 heterocycles. The van der Waals surface area contributed by atoms with Crippen LogP contribution in [0.2, 0.25) is 0 Å². The molecule has 0 saturated heterocycles. The molecular formula is C20H19N3O3. The van der Waals surface area contributed by atoms with Crippen molar-refractivity contribution in [1.82, 2.24) is 15.8 Å². The zero-order valence-corrected chi connectivity index (χ0v) is 14.7. The summed E-state index contributed by atoms with van der Waals surface area (Å²) in [7, 11) is 0. The van der Waals surface area contributed by atoms with Gasteiger partial charge < -0.3 is 4.42 Å². The highest BCUT2D eigenvalue weighted by Crippen LogP contribution is 2.29. The quantitative estimate of drug-likeness (QED) is 0.697. The Morgan fingerprint density at radius 2 is 1.85 bits per heavy atom. The highest BCUT2D eigenvalue weighted by molar-refractivity contribution is 6.08. The summed E-state index contributed by atoms with van der Waals surface area (Å²) >= 11 is 0. The molecule has 2 amide bonds. The number of hydrogen-bond acceptors (Lipinski definition) is 4. The fourth-order valence-corrected chi connectivity index (χ4v) is 3.57. The number of fused-ring (bicyclic) bond motifs is 2. The summed E-state index contributed by atoms with van der Waals surface area (Å²) in [5.41, 5.74) is 8.79. The Labute approximate surface area is 150 Å². The Hall–Kier alpha value is -3.15. The maximum atomic E-state index is 12.9. The number of benzene rings is 1. The van der Waals surface area contributed by atoms with Crippen molar-refractivity contribution in [2.45, 2.75) is 33.1 Å². The van der Waals surface area contributed by atoms with Gasteiger partial charge in [0.25, 0.3) is 11.8 Å². The van der Waals surface area contributed by atoms with E-state index in [2.05, 4.69) is 15.8 Å². The summed E-state index contributed by atoms with van der Waals surface area (Å²) in [6.45, 7) is 3.49. The number of pyridine rings is 1. The van der Waals surface area contributed by atoms with Crippen LogP contribution in [0.4, 0.5) is 0 Å². The number of aryl methyl sites for hydroxylation is 3. The van der Waals surface area contributed by atoms with E-state index in [0.717, 1.165) is 41.4 Å². The number of carbonyl (C=O) groups is 2. The molecule has 1 aliphatic rings. The number of hydrogen-bond donors (Lipinski definition) is 2. The number of nitrogens with zero attached hydrogens (tertiary/aromatic N) is 1. The van der Waals surface area contributed by atoms with E-state index < -0.39 is 5.91 Å². The Bertz CT molecular complexity index is 1040. The molecule has 1 aliphatic carbocycles. The first-order valence-corrected chi connectivity index (χ1v) is 8.63. The fraction of sp³-hybridized carbons (Fsp3) is 0.250. The van der Waals surface area contributed by atoms with Gasteiger partial charge in [0.1, 0.15) is 11.5 Å². The van der Waals surface area contributed by atoms with Gasteiger partial charge in [-0.2, -0.15) is 0 Å². The second-order valence-electron chi connectivity index (χ2n) is 6.52. The smallest absolute Gasteiger partial charge is 0.273 e. The van der Waals surface area contributed by atoms with Gasteiger partial charge in [0.2, 0.25) is 0 Å². The maximum absolute atomic E-state index is 12.9. The highest BCUT2D eigenvalue weighted by Gasteiger charge is 2.24. The number of hydrazine groups is 1. The van der Waals surface area contributed by atoms with E-state index in [-0.39, 0.29) is 5.91 Å². The lowest BCUT2D eigenvalue weighted by molar-refractivity contribution is 0.0846. The Morgan fingerprint density at radius 3 is 2.62 bits per heavy atom. The molecular weight excluding hydrogens is 330 g/mol. The van der Waals surface area contributed by atoms with Crippen LogP contribution in [0.15, 0.2) is 34.7 Å². The molecule has 0 unspecified atom stereocenters. The van der Waals surface area contributed by atoms with Crippen molar-refractivity contribution >= 4 is 22.7 Å². The minimum Gasteiger partial charge on any atom is -0.466 e. The van der Waals surface area contributed by atoms with E-state index in [9.17, 15) is 9.59 Å². The van der Waals surface area contributed by atoms with Crippen LogP contribution in [-0.4, -0.2) is 16.8 Å². The molecule has 6 nitrogen and oxygen atoms in total. The standard InChI is InChI=1S/C20H19N3O3/c1-11-10-15(12(2)26-11)19(24)22-23-20(25)18-13-6-3-4-8-16(13)21-17-9-5-7-14(17)18/h3-4,6,8,10H,5,7,9H2,1-2H3,(H,22,24)(H,23,25). The van der Waals surface area contributed by atoms with Gasteiger partial charge >= 0.3 is 0 Å². The van der Waals surface area contributed by atoms with Crippen LogP contribution < -0.4 is 10.9 Å². The van der Waals surface area contributed by atoms with Crippen molar-refractivity contribution in [3.05, 3.63) is 64.2 Å². The van der Waals surface area contributed by atoms with Crippen molar-refractivity contribution in [1.29, 1.82) is 0 Å². The largest absolute Gasteiger partial charge is 0.466 e. The van der Waals surface area contributed by atoms with Gasteiger partial charge in [-0.05, 0) is 50.8 Å². The van der Waals surface area contributed by atoms with E-state index >= 15 is 0 Å². The third kappa shape index (κ3) is 2.73. The lowest BCUT2D eigenvalue weighted by Crippen LogP contribution is -2.42. The SMILES string of the molecule is Cc1cc(C(=O)NNC(=O)c2c3c(nc4ccccc24)CCC3)c(C)o1. The van der Waals surface area contributed by atoms with Crippen LogP contribution in [0, 0.1) is 13.8 Å². The maximum Gasteiger partial charge on any atom is 0.273 e. The number of para-hydroxylation sites is 1. The predicted molar refractivity (Wildman–Crippen MR) is 96.9 cm³/mol. The number of furan rings is 1. The van der Waals surface area contributed by atoms with Gasteiger partial charge in [-0.15, -0.1) is 0 Å². The number of rotatable bonds is 2. The second kappa shape index (κ2) is 6.29. The van der Waals surface area contributed by atoms with Gasteiger partial charge in [0, 0.05) is 11.1 Å². The molecule has 3 aromatic rings. The molecule has 0 radical (unpaired) electrons. The third-order valence-electron chi connectivity index (χ3n) is 4.72. The molecule has 2 N–H and O–H groups in total. The topological polar surface area (TPSA) is 84.2 Å². The summed E-state index contributed by atoms with van der Waals surface area (Å²) in [6, 6.07) is 9.24. The normalized spacial score (nSPS) is 12.8. The minimum atomic E-state index is -0.400. The van der Waals surface area contributed by atoms with Gasteiger partial charge in [-0.1, -0.05) is 18.2 Å². The van der Waals surface area contributed by atoms with Crippen molar-refractivity contribution < 1.29 is 14.0 Å². The molecule has 0 bridgehead atoms. The monoisotopic (exact) mass is 349 g/mol. The van der Waals surface area contributed by atoms with Crippen molar-refractivity contribution in [2.75, 3.05) is 0 Å². The minimum absolute atomic E-state index is 0.326. The number of aromatic nitrogens is 1. The number of carbonyl (C=O) groups excluding carboxylic acids is 2. The average Bonchev–Trinajstić information content (AvgIpc) is 3.22. The summed E-state index contributed by atoms with van der Waals surface area (Å²) in [5, 5.41) is 0.801. The first kappa shape index (κ1) is 16.3. The summed E-state index contributed by atoms with van der Waals surface area (Å²) in [6.07, 6.45) is 2.68. The molecule has 6 heteroatoms. The summed E-state index contributed by atoms with van der Waals surface area (Å²) in [5.74, 6) is 0.442. The molecule has 0 atom stereocenters. The van der Waals surface area contributed by atoms with Crippen LogP contribution in [0.25, 0.3) is 10.9 Å². The van der Waals surface area contributed by atoms with Crippen molar-refractivity contribution in [3.8, 4) is 0 Å². The zero-order valence-electron chi connectivity index (χ0n) is 14.7. The van der Waals surface area contributed by atoms with Crippen LogP contribution >= 0.6 is 0 Å². The molecule has 4 rings (SSSR count). The molecule has 26 heavy (non-hydrogen) atoms.